The van der Waals surface area contributed by atoms with Crippen molar-refractivity contribution in [1.82, 2.24) is 0 Å². The minimum absolute atomic E-state index is 0.0246. The minimum atomic E-state index is -3.85. The van der Waals surface area contributed by atoms with E-state index in [4.69, 9.17) is 4.74 Å². The summed E-state index contributed by atoms with van der Waals surface area (Å²) in [6.07, 6.45) is 0.831. The number of hydrogen-bond acceptors (Lipinski definition) is 4. The molecule has 0 unspecified atom stereocenters. The molecule has 1 heterocycles. The normalized spacial score (nSPS) is 15.7. The highest BCUT2D eigenvalue weighted by atomic mass is 32.2. The zero-order chi connectivity index (χ0) is 25.6. The summed E-state index contributed by atoms with van der Waals surface area (Å²) in [6, 6.07) is 5.15. The molecule has 0 aromatic heterocycles. The number of amides is 1. The van der Waals surface area contributed by atoms with Crippen LogP contribution in [0.3, 0.4) is 0 Å². The first kappa shape index (κ1) is 26.1. The van der Waals surface area contributed by atoms with Gasteiger partial charge in [0, 0.05) is 6.54 Å². The molecule has 2 aromatic carbocycles. The number of nitrogens with one attached hydrogen (secondary N) is 1. The van der Waals surface area contributed by atoms with Crippen LogP contribution in [0.5, 0.6) is 5.75 Å². The van der Waals surface area contributed by atoms with E-state index in [2.05, 4.69) is 18.6 Å². The van der Waals surface area contributed by atoms with Crippen molar-refractivity contribution < 1.29 is 17.9 Å². The van der Waals surface area contributed by atoms with Gasteiger partial charge in [-0.15, -0.1) is 0 Å². The lowest BCUT2D eigenvalue weighted by molar-refractivity contribution is -0.127. The first-order valence-electron chi connectivity index (χ1n) is 11.9. The summed E-state index contributed by atoms with van der Waals surface area (Å²) in [5, 5.41) is 0. The van der Waals surface area contributed by atoms with Crippen LogP contribution in [0.4, 0.5) is 11.4 Å². The van der Waals surface area contributed by atoms with Crippen molar-refractivity contribution in [2.45, 2.75) is 73.6 Å². The predicted octanol–water partition coefficient (Wildman–Crippen LogP) is 5.83. The molecule has 0 saturated carbocycles. The zero-order valence-corrected chi connectivity index (χ0v) is 22.7. The van der Waals surface area contributed by atoms with Gasteiger partial charge in [0.25, 0.3) is 10.0 Å². The summed E-state index contributed by atoms with van der Waals surface area (Å²) in [5.41, 5.74) is 4.89. The van der Waals surface area contributed by atoms with E-state index >= 15 is 0 Å². The number of carbonyl (C=O) groups is 1. The number of benzene rings is 2. The van der Waals surface area contributed by atoms with Crippen LogP contribution in [0.25, 0.3) is 0 Å². The van der Waals surface area contributed by atoms with Gasteiger partial charge in [-0.2, -0.15) is 0 Å². The van der Waals surface area contributed by atoms with Gasteiger partial charge in [-0.3, -0.25) is 9.52 Å². The first-order chi connectivity index (χ1) is 15.7. The monoisotopic (exact) mass is 486 g/mol. The van der Waals surface area contributed by atoms with E-state index in [1.807, 2.05) is 48.5 Å². The number of rotatable bonds is 6. The fourth-order valence-corrected chi connectivity index (χ4v) is 6.04. The molecule has 0 bridgehead atoms. The Morgan fingerprint density at radius 1 is 1.00 bits per heavy atom. The van der Waals surface area contributed by atoms with Gasteiger partial charge in [-0.25, -0.2) is 8.42 Å². The molecule has 7 heteroatoms. The summed E-state index contributed by atoms with van der Waals surface area (Å²) < 4.78 is 35.8. The quantitative estimate of drug-likeness (QED) is 0.558. The van der Waals surface area contributed by atoms with E-state index in [9.17, 15) is 13.2 Å². The third kappa shape index (κ3) is 4.81. The number of fused-ring (bicyclic) bond motifs is 1. The largest absolute Gasteiger partial charge is 0.490 e. The Kier molecular flexibility index (Phi) is 7.09. The van der Waals surface area contributed by atoms with Crippen molar-refractivity contribution in [3.8, 4) is 5.75 Å². The van der Waals surface area contributed by atoms with Crippen molar-refractivity contribution in [2.75, 3.05) is 22.8 Å². The Balaban J connectivity index is 2.06. The average Bonchev–Trinajstić information content (AvgIpc) is 2.83. The second-order valence-corrected chi connectivity index (χ2v) is 12.2. The Bertz CT molecular complexity index is 1200. The van der Waals surface area contributed by atoms with Gasteiger partial charge >= 0.3 is 0 Å². The van der Waals surface area contributed by atoms with Crippen LogP contribution >= 0.6 is 0 Å². The molecule has 0 aliphatic carbocycles. The van der Waals surface area contributed by atoms with Crippen molar-refractivity contribution in [3.05, 3.63) is 46.0 Å². The molecule has 3 rings (SSSR count). The SMILES string of the molecule is Cc1c(C)c(C)c(S(=O)(=O)Nc2ccc3c(c2)N(CCC(C)C)C(=O)C(C)(C)CO3)c(C)c1C. The van der Waals surface area contributed by atoms with Gasteiger partial charge in [0.05, 0.1) is 21.7 Å². The summed E-state index contributed by atoms with van der Waals surface area (Å²) in [5.74, 6) is 0.979. The van der Waals surface area contributed by atoms with Crippen molar-refractivity contribution in [3.63, 3.8) is 0 Å². The van der Waals surface area contributed by atoms with Crippen LogP contribution in [-0.4, -0.2) is 27.5 Å². The van der Waals surface area contributed by atoms with Crippen molar-refractivity contribution >= 4 is 27.3 Å². The molecule has 0 atom stereocenters. The first-order valence-corrected chi connectivity index (χ1v) is 13.3. The lowest BCUT2D eigenvalue weighted by atomic mass is 9.92. The Hall–Kier alpha value is -2.54. The Morgan fingerprint density at radius 2 is 1.56 bits per heavy atom. The fraction of sp³-hybridized carbons (Fsp3) is 0.519. The molecular formula is C27H38N2O4S. The molecule has 1 aliphatic rings. The zero-order valence-electron chi connectivity index (χ0n) is 21.9. The van der Waals surface area contributed by atoms with Gasteiger partial charge in [-0.05, 0) is 107 Å². The molecule has 1 N–H and O–H groups in total. The number of carbonyl (C=O) groups excluding carboxylic acids is 1. The van der Waals surface area contributed by atoms with Crippen LogP contribution in [0.1, 0.15) is 61.9 Å². The summed E-state index contributed by atoms with van der Waals surface area (Å²) >= 11 is 0. The van der Waals surface area contributed by atoms with Crippen LogP contribution in [-0.2, 0) is 14.8 Å². The maximum absolute atomic E-state index is 13.5. The van der Waals surface area contributed by atoms with Crippen molar-refractivity contribution in [1.29, 1.82) is 0 Å². The lowest BCUT2D eigenvalue weighted by Gasteiger charge is -2.29. The van der Waals surface area contributed by atoms with Gasteiger partial charge < -0.3 is 9.64 Å². The number of hydrogen-bond donors (Lipinski definition) is 1. The van der Waals surface area contributed by atoms with E-state index in [0.717, 1.165) is 34.2 Å². The minimum Gasteiger partial charge on any atom is -0.490 e. The van der Waals surface area contributed by atoms with Gasteiger partial charge in [-0.1, -0.05) is 13.8 Å². The van der Waals surface area contributed by atoms with E-state index < -0.39 is 15.4 Å². The topological polar surface area (TPSA) is 75.7 Å². The van der Waals surface area contributed by atoms with Gasteiger partial charge in [0.1, 0.15) is 12.4 Å². The van der Waals surface area contributed by atoms with E-state index in [1.165, 1.54) is 0 Å². The molecule has 1 amide bonds. The molecule has 186 valence electrons. The second-order valence-electron chi connectivity index (χ2n) is 10.6. The summed E-state index contributed by atoms with van der Waals surface area (Å²) in [6.45, 7) is 18.4. The summed E-state index contributed by atoms with van der Waals surface area (Å²) in [4.78, 5) is 15.4. The number of anilines is 2. The molecule has 0 radical (unpaired) electrons. The molecular weight excluding hydrogens is 448 g/mol. The Morgan fingerprint density at radius 3 is 2.12 bits per heavy atom. The lowest BCUT2D eigenvalue weighted by Crippen LogP contribution is -2.42. The standard InChI is InChI=1S/C27H38N2O4S/c1-16(2)12-13-29-23-14-22(10-11-24(23)33-15-27(8,9)26(29)30)28-34(31,32)25-20(6)18(4)17(3)19(5)21(25)7/h10-11,14,16,28H,12-13,15H2,1-9H3. The van der Waals surface area contributed by atoms with Crippen LogP contribution in [0.2, 0.25) is 0 Å². The average molecular weight is 487 g/mol. The van der Waals surface area contributed by atoms with Crippen molar-refractivity contribution in [2.24, 2.45) is 11.3 Å². The van der Waals surface area contributed by atoms with Gasteiger partial charge in [0.15, 0.2) is 0 Å². The highest BCUT2D eigenvalue weighted by molar-refractivity contribution is 7.92. The fourth-order valence-electron chi connectivity index (χ4n) is 4.39. The van der Waals surface area contributed by atoms with Crippen LogP contribution in [0.15, 0.2) is 23.1 Å². The molecule has 2 aromatic rings. The molecule has 34 heavy (non-hydrogen) atoms. The molecule has 0 fully saturated rings. The number of sulfonamides is 1. The van der Waals surface area contributed by atoms with Crippen LogP contribution in [0, 0.1) is 46.0 Å². The van der Waals surface area contributed by atoms with Crippen LogP contribution < -0.4 is 14.4 Å². The smallest absolute Gasteiger partial charge is 0.262 e. The van der Waals surface area contributed by atoms with Gasteiger partial charge in [0.2, 0.25) is 5.91 Å². The number of nitrogens with zero attached hydrogens (tertiary/aromatic N) is 1. The molecule has 0 spiro atoms. The second kappa shape index (κ2) is 9.25. The molecule has 0 saturated heterocycles. The van der Waals surface area contributed by atoms with E-state index in [0.29, 0.717) is 34.5 Å². The summed E-state index contributed by atoms with van der Waals surface area (Å²) in [7, 11) is -3.85. The third-order valence-corrected chi connectivity index (χ3v) is 8.70. The third-order valence-electron chi connectivity index (χ3n) is 7.04. The maximum atomic E-state index is 13.5. The predicted molar refractivity (Wildman–Crippen MR) is 138 cm³/mol. The molecule has 1 aliphatic heterocycles. The highest BCUT2D eigenvalue weighted by Crippen LogP contribution is 2.39. The molecule has 6 nitrogen and oxygen atoms in total. The maximum Gasteiger partial charge on any atom is 0.262 e. The Labute approximate surface area is 204 Å². The van der Waals surface area contributed by atoms with E-state index in [-0.39, 0.29) is 12.5 Å². The van der Waals surface area contributed by atoms with E-state index in [1.54, 1.807) is 23.1 Å². The highest BCUT2D eigenvalue weighted by Gasteiger charge is 2.38. The number of ether oxygens (including phenoxy) is 1.